The highest BCUT2D eigenvalue weighted by molar-refractivity contribution is 5.79. The Balaban J connectivity index is 0.000000163. The van der Waals surface area contributed by atoms with Gasteiger partial charge in [0, 0.05) is 56.1 Å². The first kappa shape index (κ1) is 23.5. The van der Waals surface area contributed by atoms with E-state index in [4.69, 9.17) is 0 Å². The molecule has 0 N–H and O–H groups in total. The van der Waals surface area contributed by atoms with Gasteiger partial charge < -0.3 is 18.9 Å². The number of likely N-dealkylation sites (tertiary alicyclic amines) is 2. The van der Waals surface area contributed by atoms with Crippen LogP contribution >= 0.6 is 0 Å². The fraction of sp³-hybridized carbons (Fsp3) is 0.680. The smallest absolute Gasteiger partial charge is 0.224 e. The van der Waals surface area contributed by atoms with E-state index in [9.17, 15) is 9.59 Å². The number of rotatable bonds is 6. The predicted octanol–water partition coefficient (Wildman–Crippen LogP) is 3.74. The number of hydrogen-bond acceptors (Lipinski definition) is 4. The highest BCUT2D eigenvalue weighted by atomic mass is 16.2. The molecule has 8 nitrogen and oxygen atoms in total. The van der Waals surface area contributed by atoms with Gasteiger partial charge in [0.15, 0.2) is 0 Å². The standard InChI is InChI=1S/C15H25N3O.C10H13N3O/c1-5-6-12-9-13(19)18(10-12)11-17-8-7-16-14(17)15(2,3)4;14-9-2-1-6-13(9)10(3-4-10)12-7-5-11-8-12/h7-8,12H,5-6,9-11H2,1-4H3;5,7-8H,1-4,6H2. The molecule has 0 radical (unpaired) electrons. The second-order valence-electron chi connectivity index (χ2n) is 10.7. The molecule has 3 aliphatic rings. The molecule has 8 heteroatoms. The van der Waals surface area contributed by atoms with Crippen molar-refractivity contribution in [1.82, 2.24) is 28.9 Å². The topological polar surface area (TPSA) is 76.3 Å². The van der Waals surface area contributed by atoms with Crippen molar-refractivity contribution < 1.29 is 9.59 Å². The Morgan fingerprint density at radius 1 is 1.12 bits per heavy atom. The monoisotopic (exact) mass is 454 g/mol. The molecule has 2 aliphatic heterocycles. The van der Waals surface area contributed by atoms with E-state index in [0.717, 1.165) is 57.4 Å². The number of imidazole rings is 2. The Morgan fingerprint density at radius 2 is 1.91 bits per heavy atom. The zero-order chi connectivity index (χ0) is 23.6. The summed E-state index contributed by atoms with van der Waals surface area (Å²) in [7, 11) is 0. The molecule has 0 spiro atoms. The highest BCUT2D eigenvalue weighted by Gasteiger charge is 2.52. The number of carbonyl (C=O) groups is 2. The number of nitrogens with zero attached hydrogens (tertiary/aromatic N) is 6. The Bertz CT molecular complexity index is 954. The van der Waals surface area contributed by atoms with E-state index in [1.807, 2.05) is 34.7 Å². The lowest BCUT2D eigenvalue weighted by atomic mass is 9.96. The maximum absolute atomic E-state index is 12.0. The van der Waals surface area contributed by atoms with Crippen molar-refractivity contribution in [2.24, 2.45) is 5.92 Å². The van der Waals surface area contributed by atoms with E-state index in [0.29, 0.717) is 24.9 Å². The molecule has 0 aromatic carbocycles. The van der Waals surface area contributed by atoms with Crippen LogP contribution in [0, 0.1) is 5.92 Å². The molecule has 3 fully saturated rings. The summed E-state index contributed by atoms with van der Waals surface area (Å²) in [4.78, 5) is 36.2. The third-order valence-corrected chi connectivity index (χ3v) is 6.96. The van der Waals surface area contributed by atoms with Gasteiger partial charge >= 0.3 is 0 Å². The van der Waals surface area contributed by atoms with Gasteiger partial charge in [-0.25, -0.2) is 9.97 Å². The lowest BCUT2D eigenvalue weighted by Crippen LogP contribution is -2.40. The molecule has 1 saturated carbocycles. The number of aromatic nitrogens is 4. The summed E-state index contributed by atoms with van der Waals surface area (Å²) >= 11 is 0. The molecule has 1 atom stereocenters. The van der Waals surface area contributed by atoms with Crippen LogP contribution in [-0.4, -0.2) is 53.8 Å². The molecule has 0 bridgehead atoms. The maximum atomic E-state index is 12.0. The molecule has 5 rings (SSSR count). The molecular weight excluding hydrogens is 416 g/mol. The molecule has 1 unspecified atom stereocenters. The average molecular weight is 455 g/mol. The summed E-state index contributed by atoms with van der Waals surface area (Å²) in [6, 6.07) is 0. The first-order valence-corrected chi connectivity index (χ1v) is 12.3. The lowest BCUT2D eigenvalue weighted by molar-refractivity contribution is -0.132. The van der Waals surface area contributed by atoms with Crippen LogP contribution in [0.4, 0.5) is 0 Å². The molecule has 4 heterocycles. The molecule has 180 valence electrons. The van der Waals surface area contributed by atoms with Crippen LogP contribution in [0.1, 0.15) is 78.5 Å². The summed E-state index contributed by atoms with van der Waals surface area (Å²) in [5.74, 6) is 2.17. The van der Waals surface area contributed by atoms with Gasteiger partial charge in [-0.2, -0.15) is 0 Å². The van der Waals surface area contributed by atoms with Gasteiger partial charge in [-0.05, 0) is 31.6 Å². The van der Waals surface area contributed by atoms with Crippen molar-refractivity contribution >= 4 is 11.8 Å². The van der Waals surface area contributed by atoms with E-state index in [-0.39, 0.29) is 17.0 Å². The SMILES string of the molecule is CCCC1CC(=O)N(Cn2ccnc2C(C)(C)C)C1.O=C1CCCN1C1(n2ccnc2)CC1. The summed E-state index contributed by atoms with van der Waals surface area (Å²) in [6.07, 6.45) is 16.3. The summed E-state index contributed by atoms with van der Waals surface area (Å²) in [5, 5.41) is 0. The molecule has 2 saturated heterocycles. The predicted molar refractivity (Wildman–Crippen MR) is 126 cm³/mol. The molecule has 2 amide bonds. The largest absolute Gasteiger partial charge is 0.324 e. The van der Waals surface area contributed by atoms with Gasteiger partial charge in [-0.1, -0.05) is 34.1 Å². The molecule has 33 heavy (non-hydrogen) atoms. The van der Waals surface area contributed by atoms with Gasteiger partial charge in [0.25, 0.3) is 0 Å². The van der Waals surface area contributed by atoms with Crippen LogP contribution in [0.3, 0.4) is 0 Å². The van der Waals surface area contributed by atoms with Crippen molar-refractivity contribution in [3.63, 3.8) is 0 Å². The maximum Gasteiger partial charge on any atom is 0.224 e. The zero-order valence-corrected chi connectivity index (χ0v) is 20.5. The van der Waals surface area contributed by atoms with Crippen molar-refractivity contribution in [2.75, 3.05) is 13.1 Å². The normalized spacial score (nSPS) is 22.0. The fourth-order valence-corrected chi connectivity index (χ4v) is 5.22. The Labute approximate surface area is 197 Å². The van der Waals surface area contributed by atoms with Crippen LogP contribution in [0.2, 0.25) is 0 Å². The first-order valence-electron chi connectivity index (χ1n) is 12.3. The van der Waals surface area contributed by atoms with E-state index < -0.39 is 0 Å². The van der Waals surface area contributed by atoms with Crippen LogP contribution in [0.5, 0.6) is 0 Å². The van der Waals surface area contributed by atoms with Gasteiger partial charge in [-0.3, -0.25) is 9.59 Å². The van der Waals surface area contributed by atoms with E-state index in [2.05, 4.69) is 46.8 Å². The van der Waals surface area contributed by atoms with Crippen molar-refractivity contribution in [2.45, 2.75) is 90.4 Å². The second kappa shape index (κ2) is 9.31. The average Bonchev–Trinajstić information content (AvgIpc) is 3.25. The van der Waals surface area contributed by atoms with Crippen LogP contribution in [0.15, 0.2) is 31.1 Å². The number of amides is 2. The minimum Gasteiger partial charge on any atom is -0.324 e. The van der Waals surface area contributed by atoms with Crippen LogP contribution in [0.25, 0.3) is 0 Å². The Morgan fingerprint density at radius 3 is 2.48 bits per heavy atom. The molecule has 2 aromatic rings. The van der Waals surface area contributed by atoms with Gasteiger partial charge in [-0.15, -0.1) is 0 Å². The highest BCUT2D eigenvalue weighted by Crippen LogP contribution is 2.48. The van der Waals surface area contributed by atoms with E-state index in [1.165, 1.54) is 0 Å². The number of hydrogen-bond donors (Lipinski definition) is 0. The third-order valence-electron chi connectivity index (χ3n) is 6.96. The van der Waals surface area contributed by atoms with Gasteiger partial charge in [0.2, 0.25) is 11.8 Å². The molecular formula is C25H38N6O2. The number of carbonyl (C=O) groups excluding carboxylic acids is 2. The molecule has 1 aliphatic carbocycles. The summed E-state index contributed by atoms with van der Waals surface area (Å²) in [6.45, 7) is 11.1. The van der Waals surface area contributed by atoms with Gasteiger partial charge in [0.1, 0.15) is 11.5 Å². The van der Waals surface area contributed by atoms with Crippen molar-refractivity contribution in [3.05, 3.63) is 36.9 Å². The van der Waals surface area contributed by atoms with E-state index >= 15 is 0 Å². The minimum atomic E-state index is -0.0376. The van der Waals surface area contributed by atoms with E-state index in [1.54, 1.807) is 6.20 Å². The molecule has 2 aromatic heterocycles. The third kappa shape index (κ3) is 4.99. The van der Waals surface area contributed by atoms with Crippen LogP contribution in [-0.2, 0) is 27.3 Å². The second-order valence-corrected chi connectivity index (χ2v) is 10.7. The quantitative estimate of drug-likeness (QED) is 0.666. The Hall–Kier alpha value is -2.64. The Kier molecular flexibility index (Phi) is 6.64. The minimum absolute atomic E-state index is 0.00902. The van der Waals surface area contributed by atoms with Crippen molar-refractivity contribution in [3.8, 4) is 0 Å². The lowest BCUT2D eigenvalue weighted by Gasteiger charge is -2.28. The summed E-state index contributed by atoms with van der Waals surface area (Å²) in [5.41, 5.74) is -0.0286. The summed E-state index contributed by atoms with van der Waals surface area (Å²) < 4.78 is 4.18. The van der Waals surface area contributed by atoms with Gasteiger partial charge in [0.05, 0.1) is 13.0 Å². The van der Waals surface area contributed by atoms with Crippen LogP contribution < -0.4 is 0 Å². The zero-order valence-electron chi connectivity index (χ0n) is 20.5. The first-order chi connectivity index (χ1) is 15.7. The fourth-order valence-electron chi connectivity index (χ4n) is 5.22. The van der Waals surface area contributed by atoms with Crippen molar-refractivity contribution in [1.29, 1.82) is 0 Å².